The molecule has 0 saturated heterocycles. The Hall–Kier alpha value is -1.31. The monoisotopic (exact) mass is 306 g/mol. The molecule has 0 rings (SSSR count). The van der Waals surface area contributed by atoms with Crippen molar-refractivity contribution in [2.24, 2.45) is 5.92 Å². The number of rotatable bonds is 10. The van der Waals surface area contributed by atoms with Gasteiger partial charge in [-0.3, -0.25) is 0 Å². The fourth-order valence-electron chi connectivity index (χ4n) is 2.23. The first-order valence-electron chi connectivity index (χ1n) is 8.56. The second-order valence-corrected chi connectivity index (χ2v) is 6.19. The van der Waals surface area contributed by atoms with Gasteiger partial charge < -0.3 is 4.74 Å². The van der Waals surface area contributed by atoms with Gasteiger partial charge in [0.05, 0.1) is 6.61 Å². The third-order valence-electron chi connectivity index (χ3n) is 3.85. The summed E-state index contributed by atoms with van der Waals surface area (Å²) in [5, 5.41) is 0. The van der Waals surface area contributed by atoms with E-state index in [-0.39, 0.29) is 5.97 Å². The van der Waals surface area contributed by atoms with Crippen LogP contribution in [-0.4, -0.2) is 12.6 Å². The summed E-state index contributed by atoms with van der Waals surface area (Å²) >= 11 is 0. The van der Waals surface area contributed by atoms with Crippen LogP contribution >= 0.6 is 0 Å². The molecule has 0 spiro atoms. The average Bonchev–Trinajstić information content (AvgIpc) is 2.45. The van der Waals surface area contributed by atoms with E-state index in [1.807, 2.05) is 6.92 Å². The summed E-state index contributed by atoms with van der Waals surface area (Å²) < 4.78 is 5.03. The number of allylic oxidation sites excluding steroid dienone is 5. The van der Waals surface area contributed by atoms with Crippen LogP contribution < -0.4 is 0 Å². The lowest BCUT2D eigenvalue weighted by molar-refractivity contribution is -0.137. The van der Waals surface area contributed by atoms with Crippen molar-refractivity contribution in [3.05, 3.63) is 34.9 Å². The second-order valence-electron chi connectivity index (χ2n) is 6.19. The highest BCUT2D eigenvalue weighted by atomic mass is 16.5. The molecule has 1 atom stereocenters. The van der Waals surface area contributed by atoms with Crippen molar-refractivity contribution >= 4 is 5.97 Å². The van der Waals surface area contributed by atoms with Crippen molar-refractivity contribution < 1.29 is 9.53 Å². The molecule has 1 unspecified atom stereocenters. The maximum atomic E-state index is 11.7. The fourth-order valence-corrected chi connectivity index (χ4v) is 2.23. The normalized spacial score (nSPS) is 13.7. The molecule has 0 aliphatic heterocycles. The Morgan fingerprint density at radius 2 is 1.68 bits per heavy atom. The minimum absolute atomic E-state index is 0.206. The largest absolute Gasteiger partial charge is 0.463 e. The summed E-state index contributed by atoms with van der Waals surface area (Å²) in [7, 11) is 0. The number of ether oxygens (including phenoxy) is 1. The summed E-state index contributed by atoms with van der Waals surface area (Å²) in [6.45, 7) is 13.1. The van der Waals surface area contributed by atoms with Crippen molar-refractivity contribution in [3.8, 4) is 0 Å². The highest BCUT2D eigenvalue weighted by molar-refractivity contribution is 5.82. The molecule has 0 aromatic heterocycles. The Morgan fingerprint density at radius 1 is 1.05 bits per heavy atom. The summed E-state index contributed by atoms with van der Waals surface area (Å²) in [5.41, 5.74) is 4.01. The molecule has 0 aromatic carbocycles. The quantitative estimate of drug-likeness (QED) is 0.281. The summed E-state index contributed by atoms with van der Waals surface area (Å²) in [6.07, 6.45) is 11.5. The lowest BCUT2D eigenvalue weighted by Gasteiger charge is -2.13. The fraction of sp³-hybridized carbons (Fsp3) is 0.650. The van der Waals surface area contributed by atoms with Gasteiger partial charge in [-0.25, -0.2) is 4.79 Å². The van der Waals surface area contributed by atoms with Gasteiger partial charge in [0.25, 0.3) is 0 Å². The molecule has 0 aliphatic carbocycles. The highest BCUT2D eigenvalue weighted by Gasteiger charge is 2.09. The van der Waals surface area contributed by atoms with E-state index in [1.54, 1.807) is 6.08 Å². The predicted octanol–water partition coefficient (Wildman–Crippen LogP) is 5.99. The van der Waals surface area contributed by atoms with E-state index < -0.39 is 0 Å². The van der Waals surface area contributed by atoms with Crippen LogP contribution in [0.5, 0.6) is 0 Å². The number of hydrogen-bond donors (Lipinski definition) is 0. The molecule has 0 fully saturated rings. The summed E-state index contributed by atoms with van der Waals surface area (Å²) in [5.74, 6) is 0.228. The van der Waals surface area contributed by atoms with E-state index in [4.69, 9.17) is 4.74 Å². The lowest BCUT2D eigenvalue weighted by Crippen LogP contribution is -2.05. The molecule has 0 radical (unpaired) electrons. The van der Waals surface area contributed by atoms with E-state index in [2.05, 4.69) is 46.8 Å². The van der Waals surface area contributed by atoms with Gasteiger partial charge >= 0.3 is 5.97 Å². The smallest absolute Gasteiger partial charge is 0.330 e. The average molecular weight is 306 g/mol. The first-order valence-corrected chi connectivity index (χ1v) is 8.56. The van der Waals surface area contributed by atoms with Gasteiger partial charge in [-0.2, -0.15) is 0 Å². The Labute approximate surface area is 137 Å². The zero-order valence-electron chi connectivity index (χ0n) is 15.4. The first kappa shape index (κ1) is 20.7. The van der Waals surface area contributed by atoms with E-state index >= 15 is 0 Å². The Bertz CT molecular complexity index is 409. The number of esters is 1. The van der Waals surface area contributed by atoms with Gasteiger partial charge in [-0.1, -0.05) is 42.7 Å². The molecule has 0 aliphatic rings. The first-order chi connectivity index (χ1) is 10.4. The molecule has 126 valence electrons. The van der Waals surface area contributed by atoms with Crippen molar-refractivity contribution in [3.63, 3.8) is 0 Å². The molecule has 0 saturated carbocycles. The molecule has 0 heterocycles. The van der Waals surface area contributed by atoms with Gasteiger partial charge in [-0.05, 0) is 65.7 Å². The topological polar surface area (TPSA) is 26.3 Å². The Balaban J connectivity index is 4.50. The van der Waals surface area contributed by atoms with Gasteiger partial charge in [0.15, 0.2) is 0 Å². The van der Waals surface area contributed by atoms with Crippen LogP contribution in [0, 0.1) is 5.92 Å². The molecule has 0 aromatic rings. The number of hydrogen-bond acceptors (Lipinski definition) is 2. The van der Waals surface area contributed by atoms with Crippen LogP contribution in [0.3, 0.4) is 0 Å². The molecular formula is C20H34O2. The van der Waals surface area contributed by atoms with Crippen molar-refractivity contribution in [2.45, 2.75) is 73.6 Å². The van der Waals surface area contributed by atoms with Crippen LogP contribution in [0.2, 0.25) is 0 Å². The maximum Gasteiger partial charge on any atom is 0.330 e. The summed E-state index contributed by atoms with van der Waals surface area (Å²) in [6, 6.07) is 0. The van der Waals surface area contributed by atoms with Gasteiger partial charge in [-0.15, -0.1) is 0 Å². The van der Waals surface area contributed by atoms with E-state index in [0.717, 1.165) is 32.1 Å². The third-order valence-corrected chi connectivity index (χ3v) is 3.85. The third kappa shape index (κ3) is 10.4. The predicted molar refractivity (Wildman–Crippen MR) is 95.8 cm³/mol. The molecule has 0 amide bonds. The van der Waals surface area contributed by atoms with Crippen LogP contribution in [0.25, 0.3) is 0 Å². The minimum atomic E-state index is -0.206. The lowest BCUT2D eigenvalue weighted by atomic mass is 9.93. The Kier molecular flexibility index (Phi) is 11.5. The van der Waals surface area contributed by atoms with E-state index in [9.17, 15) is 4.79 Å². The SMILES string of the molecule is CCOC(=O)/C=C(/CC/C=C(\C)CCC=C(C)C)C(C)CC. The maximum absolute atomic E-state index is 11.7. The highest BCUT2D eigenvalue weighted by Crippen LogP contribution is 2.21. The van der Waals surface area contributed by atoms with Crippen molar-refractivity contribution in [1.82, 2.24) is 0 Å². The summed E-state index contributed by atoms with van der Waals surface area (Å²) in [4.78, 5) is 11.7. The number of carbonyl (C=O) groups excluding carboxylic acids is 1. The van der Waals surface area contributed by atoms with Crippen molar-refractivity contribution in [1.29, 1.82) is 0 Å². The standard InChI is InChI=1S/C20H34O2/c1-7-18(6)19(15-20(21)22-8-2)14-10-13-17(5)12-9-11-16(3)4/h11,13,15,18H,7-10,12,14H2,1-6H3/b17-13+,19-15-. The number of carbonyl (C=O) groups is 1. The molecule has 0 bridgehead atoms. The van der Waals surface area contributed by atoms with Crippen LogP contribution in [0.1, 0.15) is 73.6 Å². The molecule has 2 nitrogen and oxygen atoms in total. The second kappa shape index (κ2) is 12.3. The molecule has 22 heavy (non-hydrogen) atoms. The zero-order valence-corrected chi connectivity index (χ0v) is 15.4. The Morgan fingerprint density at radius 3 is 2.23 bits per heavy atom. The van der Waals surface area contributed by atoms with E-state index in [1.165, 1.54) is 16.7 Å². The zero-order chi connectivity index (χ0) is 17.0. The van der Waals surface area contributed by atoms with Gasteiger partial charge in [0.2, 0.25) is 0 Å². The van der Waals surface area contributed by atoms with Crippen LogP contribution in [0.4, 0.5) is 0 Å². The van der Waals surface area contributed by atoms with E-state index in [0.29, 0.717) is 12.5 Å². The molecular weight excluding hydrogens is 272 g/mol. The molecule has 0 N–H and O–H groups in total. The van der Waals surface area contributed by atoms with Crippen LogP contribution in [0.15, 0.2) is 34.9 Å². The van der Waals surface area contributed by atoms with Gasteiger partial charge in [0.1, 0.15) is 0 Å². The minimum Gasteiger partial charge on any atom is -0.463 e. The van der Waals surface area contributed by atoms with Crippen molar-refractivity contribution in [2.75, 3.05) is 6.61 Å². The van der Waals surface area contributed by atoms with Gasteiger partial charge in [0, 0.05) is 6.08 Å². The molecule has 2 heteroatoms. The van der Waals surface area contributed by atoms with Crippen LogP contribution in [-0.2, 0) is 9.53 Å².